The summed E-state index contributed by atoms with van der Waals surface area (Å²) in [5, 5.41) is 15.6. The Kier molecular flexibility index (Phi) is 3.00. The predicted molar refractivity (Wildman–Crippen MR) is 73.4 cm³/mol. The van der Waals surface area contributed by atoms with Gasteiger partial charge in [0, 0.05) is 18.1 Å². The molecule has 18 heavy (non-hydrogen) atoms. The molecule has 3 rings (SSSR count). The minimum atomic E-state index is 0.739. The Labute approximate surface area is 109 Å². The van der Waals surface area contributed by atoms with E-state index in [9.17, 15) is 0 Å². The molecule has 0 unspecified atom stereocenters. The van der Waals surface area contributed by atoms with Crippen molar-refractivity contribution in [2.45, 2.75) is 6.54 Å². The molecule has 90 valence electrons. The number of hydrogen-bond donors (Lipinski definition) is 1. The van der Waals surface area contributed by atoms with E-state index < -0.39 is 0 Å². The molecule has 0 aliphatic rings. The SMILES string of the molecule is CNCc1nnc(-c2nccc3ccccc23)s1. The lowest BCUT2D eigenvalue weighted by molar-refractivity contribution is 0.794. The Morgan fingerprint density at radius 3 is 2.94 bits per heavy atom. The number of benzene rings is 1. The summed E-state index contributed by atoms with van der Waals surface area (Å²) in [7, 11) is 1.90. The van der Waals surface area contributed by atoms with Crippen LogP contribution in [0.4, 0.5) is 0 Å². The lowest BCUT2D eigenvalue weighted by Gasteiger charge is -2.01. The van der Waals surface area contributed by atoms with Crippen molar-refractivity contribution in [1.82, 2.24) is 20.5 Å². The Bertz CT molecular complexity index is 672. The average molecular weight is 256 g/mol. The molecule has 0 aliphatic heterocycles. The van der Waals surface area contributed by atoms with Gasteiger partial charge in [-0.25, -0.2) is 0 Å². The molecule has 4 nitrogen and oxygen atoms in total. The number of fused-ring (bicyclic) bond motifs is 1. The molecule has 3 aromatic rings. The van der Waals surface area contributed by atoms with E-state index in [1.54, 1.807) is 11.3 Å². The van der Waals surface area contributed by atoms with Gasteiger partial charge < -0.3 is 5.32 Å². The van der Waals surface area contributed by atoms with Crippen LogP contribution in [0.5, 0.6) is 0 Å². The first-order chi connectivity index (χ1) is 8.88. The number of hydrogen-bond acceptors (Lipinski definition) is 5. The largest absolute Gasteiger partial charge is 0.313 e. The van der Waals surface area contributed by atoms with Crippen LogP contribution >= 0.6 is 11.3 Å². The standard InChI is InChI=1S/C13H12N4S/c1-14-8-11-16-17-13(18-11)12-10-5-3-2-4-9(10)6-7-15-12/h2-7,14H,8H2,1H3. The first kappa shape index (κ1) is 11.3. The molecule has 2 aromatic heterocycles. The van der Waals surface area contributed by atoms with E-state index in [1.807, 2.05) is 31.4 Å². The summed E-state index contributed by atoms with van der Waals surface area (Å²) in [6, 6.07) is 10.2. The van der Waals surface area contributed by atoms with E-state index in [0.717, 1.165) is 27.6 Å². The molecule has 0 atom stereocenters. The number of rotatable bonds is 3. The van der Waals surface area contributed by atoms with Gasteiger partial charge in [0.1, 0.15) is 10.7 Å². The molecule has 0 fully saturated rings. The van der Waals surface area contributed by atoms with E-state index in [2.05, 4.69) is 32.6 Å². The normalized spacial score (nSPS) is 10.9. The lowest BCUT2D eigenvalue weighted by atomic mass is 10.1. The van der Waals surface area contributed by atoms with Crippen molar-refractivity contribution >= 4 is 22.1 Å². The molecule has 0 spiro atoms. The third-order valence-electron chi connectivity index (χ3n) is 2.67. The van der Waals surface area contributed by atoms with Crippen LogP contribution in [0, 0.1) is 0 Å². The number of aromatic nitrogens is 3. The fourth-order valence-corrected chi connectivity index (χ4v) is 2.72. The predicted octanol–water partition coefficient (Wildman–Crippen LogP) is 2.47. The third kappa shape index (κ3) is 1.98. The maximum atomic E-state index is 4.44. The second-order valence-electron chi connectivity index (χ2n) is 3.91. The van der Waals surface area contributed by atoms with Gasteiger partial charge in [-0.1, -0.05) is 35.6 Å². The van der Waals surface area contributed by atoms with Gasteiger partial charge >= 0.3 is 0 Å². The van der Waals surface area contributed by atoms with Crippen molar-refractivity contribution in [1.29, 1.82) is 0 Å². The van der Waals surface area contributed by atoms with Gasteiger partial charge in [-0.3, -0.25) is 4.98 Å². The Morgan fingerprint density at radius 1 is 1.17 bits per heavy atom. The van der Waals surface area contributed by atoms with Gasteiger partial charge in [0.05, 0.1) is 0 Å². The van der Waals surface area contributed by atoms with Gasteiger partial charge in [0.25, 0.3) is 0 Å². The minimum absolute atomic E-state index is 0.739. The molecule has 1 aromatic carbocycles. The van der Waals surface area contributed by atoms with Crippen molar-refractivity contribution in [3.63, 3.8) is 0 Å². The van der Waals surface area contributed by atoms with Crippen LogP contribution in [0.1, 0.15) is 5.01 Å². The van der Waals surface area contributed by atoms with Gasteiger partial charge in [-0.05, 0) is 18.5 Å². The van der Waals surface area contributed by atoms with Crippen LogP contribution in [-0.2, 0) is 6.54 Å². The molecular formula is C13H12N4S. The van der Waals surface area contributed by atoms with Crippen LogP contribution in [0.15, 0.2) is 36.5 Å². The molecule has 0 aliphatic carbocycles. The molecule has 2 heterocycles. The summed E-state index contributed by atoms with van der Waals surface area (Å²) in [6.07, 6.45) is 1.82. The summed E-state index contributed by atoms with van der Waals surface area (Å²) >= 11 is 1.58. The summed E-state index contributed by atoms with van der Waals surface area (Å²) < 4.78 is 0. The summed E-state index contributed by atoms with van der Waals surface area (Å²) in [5.41, 5.74) is 0.910. The molecule has 5 heteroatoms. The van der Waals surface area contributed by atoms with Crippen molar-refractivity contribution in [2.24, 2.45) is 0 Å². The van der Waals surface area contributed by atoms with Gasteiger partial charge in [0.15, 0.2) is 5.01 Å². The zero-order valence-electron chi connectivity index (χ0n) is 9.92. The maximum Gasteiger partial charge on any atom is 0.166 e. The monoisotopic (exact) mass is 256 g/mol. The highest BCUT2D eigenvalue weighted by Crippen LogP contribution is 2.28. The first-order valence-electron chi connectivity index (χ1n) is 5.69. The highest BCUT2D eigenvalue weighted by atomic mass is 32.1. The van der Waals surface area contributed by atoms with E-state index in [4.69, 9.17) is 0 Å². The molecule has 0 amide bonds. The Hall–Kier alpha value is -1.85. The second kappa shape index (κ2) is 4.80. The van der Waals surface area contributed by atoms with E-state index in [1.165, 1.54) is 5.39 Å². The molecule has 0 saturated carbocycles. The zero-order chi connectivity index (χ0) is 12.4. The lowest BCUT2D eigenvalue weighted by Crippen LogP contribution is -2.04. The Balaban J connectivity index is 2.12. The minimum Gasteiger partial charge on any atom is -0.313 e. The molecule has 1 N–H and O–H groups in total. The van der Waals surface area contributed by atoms with Crippen LogP contribution in [0.25, 0.3) is 21.5 Å². The van der Waals surface area contributed by atoms with E-state index >= 15 is 0 Å². The van der Waals surface area contributed by atoms with Crippen molar-refractivity contribution in [3.05, 3.63) is 41.5 Å². The Morgan fingerprint density at radius 2 is 2.06 bits per heavy atom. The van der Waals surface area contributed by atoms with Crippen LogP contribution in [0.3, 0.4) is 0 Å². The zero-order valence-corrected chi connectivity index (χ0v) is 10.7. The topological polar surface area (TPSA) is 50.7 Å². The fraction of sp³-hybridized carbons (Fsp3) is 0.154. The molecule has 0 saturated heterocycles. The van der Waals surface area contributed by atoms with Crippen molar-refractivity contribution < 1.29 is 0 Å². The smallest absolute Gasteiger partial charge is 0.166 e. The summed E-state index contributed by atoms with van der Waals surface area (Å²) in [5.74, 6) is 0. The maximum absolute atomic E-state index is 4.44. The molecule has 0 bridgehead atoms. The fourth-order valence-electron chi connectivity index (χ4n) is 1.86. The molecular weight excluding hydrogens is 244 g/mol. The van der Waals surface area contributed by atoms with Gasteiger partial charge in [-0.2, -0.15) is 0 Å². The quantitative estimate of drug-likeness (QED) is 0.782. The van der Waals surface area contributed by atoms with Crippen LogP contribution in [-0.4, -0.2) is 22.2 Å². The number of nitrogens with one attached hydrogen (secondary N) is 1. The molecule has 0 radical (unpaired) electrons. The van der Waals surface area contributed by atoms with Crippen molar-refractivity contribution in [3.8, 4) is 10.7 Å². The van der Waals surface area contributed by atoms with Crippen molar-refractivity contribution in [2.75, 3.05) is 7.05 Å². The highest BCUT2D eigenvalue weighted by molar-refractivity contribution is 7.14. The number of nitrogens with zero attached hydrogens (tertiary/aromatic N) is 3. The summed E-state index contributed by atoms with van der Waals surface area (Å²) in [4.78, 5) is 4.44. The third-order valence-corrected chi connectivity index (χ3v) is 3.60. The first-order valence-corrected chi connectivity index (χ1v) is 6.51. The van der Waals surface area contributed by atoms with E-state index in [-0.39, 0.29) is 0 Å². The van der Waals surface area contributed by atoms with Gasteiger partial charge in [-0.15, -0.1) is 10.2 Å². The van der Waals surface area contributed by atoms with E-state index in [0.29, 0.717) is 0 Å². The summed E-state index contributed by atoms with van der Waals surface area (Å²) in [6.45, 7) is 0.739. The number of pyridine rings is 1. The van der Waals surface area contributed by atoms with Gasteiger partial charge in [0.2, 0.25) is 0 Å². The average Bonchev–Trinajstić information content (AvgIpc) is 2.87. The highest BCUT2D eigenvalue weighted by Gasteiger charge is 2.10. The van der Waals surface area contributed by atoms with Crippen LogP contribution < -0.4 is 5.32 Å². The van der Waals surface area contributed by atoms with Crippen LogP contribution in [0.2, 0.25) is 0 Å². The second-order valence-corrected chi connectivity index (χ2v) is 4.97.